The molecular formula is C14H15NO3. The van der Waals surface area contributed by atoms with E-state index in [1.807, 2.05) is 20.8 Å². The Morgan fingerprint density at radius 1 is 1.17 bits per heavy atom. The van der Waals surface area contributed by atoms with Crippen LogP contribution in [-0.2, 0) is 4.79 Å². The SMILES string of the molecule is Cc1ccc2c(c1)C(=O)N(C(=O)CC(C)C)C2=O. The summed E-state index contributed by atoms with van der Waals surface area (Å²) >= 11 is 0. The van der Waals surface area contributed by atoms with Crippen molar-refractivity contribution in [2.45, 2.75) is 27.2 Å². The van der Waals surface area contributed by atoms with Gasteiger partial charge in [0.05, 0.1) is 11.1 Å². The highest BCUT2D eigenvalue weighted by Crippen LogP contribution is 2.25. The highest BCUT2D eigenvalue weighted by Gasteiger charge is 2.39. The van der Waals surface area contributed by atoms with Gasteiger partial charge < -0.3 is 0 Å². The van der Waals surface area contributed by atoms with Crippen LogP contribution in [0.25, 0.3) is 0 Å². The fraction of sp³-hybridized carbons (Fsp3) is 0.357. The van der Waals surface area contributed by atoms with E-state index in [4.69, 9.17) is 0 Å². The van der Waals surface area contributed by atoms with Crippen LogP contribution in [0, 0.1) is 12.8 Å². The molecule has 0 saturated carbocycles. The fourth-order valence-electron chi connectivity index (χ4n) is 2.02. The highest BCUT2D eigenvalue weighted by atomic mass is 16.2. The second-order valence-electron chi connectivity index (χ2n) is 4.99. The van der Waals surface area contributed by atoms with E-state index in [0.717, 1.165) is 10.5 Å². The van der Waals surface area contributed by atoms with Crippen molar-refractivity contribution in [2.75, 3.05) is 0 Å². The van der Waals surface area contributed by atoms with Gasteiger partial charge in [-0.25, -0.2) is 4.90 Å². The van der Waals surface area contributed by atoms with Gasteiger partial charge in [0.2, 0.25) is 5.91 Å². The molecule has 0 aliphatic carbocycles. The number of imide groups is 3. The van der Waals surface area contributed by atoms with Gasteiger partial charge in [0.25, 0.3) is 11.8 Å². The minimum absolute atomic E-state index is 0.114. The molecule has 0 aromatic heterocycles. The first-order chi connectivity index (χ1) is 8.41. The molecule has 1 aliphatic rings. The van der Waals surface area contributed by atoms with Crippen LogP contribution in [0.2, 0.25) is 0 Å². The maximum absolute atomic E-state index is 12.1. The van der Waals surface area contributed by atoms with Crippen molar-refractivity contribution in [3.8, 4) is 0 Å². The zero-order valence-corrected chi connectivity index (χ0v) is 10.7. The number of fused-ring (bicyclic) bond motifs is 1. The van der Waals surface area contributed by atoms with Crippen molar-refractivity contribution in [2.24, 2.45) is 5.92 Å². The van der Waals surface area contributed by atoms with Crippen LogP contribution >= 0.6 is 0 Å². The topological polar surface area (TPSA) is 54.5 Å². The third-order valence-electron chi connectivity index (χ3n) is 2.87. The predicted octanol–water partition coefficient (Wildman–Crippen LogP) is 2.16. The van der Waals surface area contributed by atoms with Crippen LogP contribution < -0.4 is 0 Å². The average Bonchev–Trinajstić information content (AvgIpc) is 2.50. The number of hydrogen-bond acceptors (Lipinski definition) is 3. The second-order valence-corrected chi connectivity index (χ2v) is 4.99. The second kappa shape index (κ2) is 4.37. The molecule has 18 heavy (non-hydrogen) atoms. The first kappa shape index (κ1) is 12.5. The molecule has 3 amide bonds. The Morgan fingerprint density at radius 2 is 1.78 bits per heavy atom. The highest BCUT2D eigenvalue weighted by molar-refractivity contribution is 6.28. The Bertz CT molecular complexity index is 546. The number of benzene rings is 1. The number of nitrogens with zero attached hydrogens (tertiary/aromatic N) is 1. The van der Waals surface area contributed by atoms with Gasteiger partial charge in [0.15, 0.2) is 0 Å². The van der Waals surface area contributed by atoms with Gasteiger partial charge in [-0.05, 0) is 25.0 Å². The predicted molar refractivity (Wildman–Crippen MR) is 66.1 cm³/mol. The molecule has 1 aromatic carbocycles. The molecule has 94 valence electrons. The molecule has 4 heteroatoms. The van der Waals surface area contributed by atoms with E-state index in [0.29, 0.717) is 11.1 Å². The summed E-state index contributed by atoms with van der Waals surface area (Å²) in [5, 5.41) is 0. The third-order valence-corrected chi connectivity index (χ3v) is 2.87. The van der Waals surface area contributed by atoms with E-state index in [1.165, 1.54) is 0 Å². The van der Waals surface area contributed by atoms with Crippen LogP contribution in [-0.4, -0.2) is 22.6 Å². The number of amides is 3. The molecule has 0 unspecified atom stereocenters. The van der Waals surface area contributed by atoms with Gasteiger partial charge in [-0.2, -0.15) is 0 Å². The molecule has 0 N–H and O–H groups in total. The summed E-state index contributed by atoms with van der Waals surface area (Å²) in [4.78, 5) is 36.8. The van der Waals surface area contributed by atoms with Crippen molar-refractivity contribution in [1.82, 2.24) is 4.90 Å². The van der Waals surface area contributed by atoms with Gasteiger partial charge in [0, 0.05) is 6.42 Å². The molecular weight excluding hydrogens is 230 g/mol. The van der Waals surface area contributed by atoms with E-state index in [9.17, 15) is 14.4 Å². The smallest absolute Gasteiger partial charge is 0.268 e. The lowest BCUT2D eigenvalue weighted by molar-refractivity contribution is -0.127. The molecule has 0 spiro atoms. The van der Waals surface area contributed by atoms with Crippen molar-refractivity contribution < 1.29 is 14.4 Å². The molecule has 0 saturated heterocycles. The molecule has 0 bridgehead atoms. The average molecular weight is 245 g/mol. The summed E-state index contributed by atoms with van der Waals surface area (Å²) in [7, 11) is 0. The van der Waals surface area contributed by atoms with Gasteiger partial charge in [-0.3, -0.25) is 14.4 Å². The minimum Gasteiger partial charge on any atom is -0.274 e. The number of aryl methyl sites for hydroxylation is 1. The number of carbonyl (C=O) groups excluding carboxylic acids is 3. The summed E-state index contributed by atoms with van der Waals surface area (Å²) in [6, 6.07) is 5.02. The molecule has 0 atom stereocenters. The van der Waals surface area contributed by atoms with E-state index in [2.05, 4.69) is 0 Å². The summed E-state index contributed by atoms with van der Waals surface area (Å²) in [5.74, 6) is -1.30. The first-order valence-electron chi connectivity index (χ1n) is 5.94. The fourth-order valence-corrected chi connectivity index (χ4v) is 2.02. The zero-order valence-electron chi connectivity index (χ0n) is 10.7. The van der Waals surface area contributed by atoms with Crippen molar-refractivity contribution in [1.29, 1.82) is 0 Å². The van der Waals surface area contributed by atoms with Crippen molar-refractivity contribution >= 4 is 17.7 Å². The maximum atomic E-state index is 12.1. The number of rotatable bonds is 2. The number of carbonyl (C=O) groups is 3. The largest absolute Gasteiger partial charge is 0.274 e. The van der Waals surface area contributed by atoms with E-state index in [1.54, 1.807) is 18.2 Å². The van der Waals surface area contributed by atoms with Gasteiger partial charge in [-0.1, -0.05) is 25.5 Å². The summed E-state index contributed by atoms with van der Waals surface area (Å²) in [6.45, 7) is 5.59. The minimum atomic E-state index is -0.499. The Labute approximate surface area is 106 Å². The van der Waals surface area contributed by atoms with E-state index in [-0.39, 0.29) is 12.3 Å². The summed E-state index contributed by atoms with van der Waals surface area (Å²) in [6.07, 6.45) is 0.199. The van der Waals surface area contributed by atoms with Crippen molar-refractivity contribution in [3.63, 3.8) is 0 Å². The summed E-state index contributed by atoms with van der Waals surface area (Å²) in [5.41, 5.74) is 1.55. The van der Waals surface area contributed by atoms with Crippen molar-refractivity contribution in [3.05, 3.63) is 34.9 Å². The lowest BCUT2D eigenvalue weighted by atomic mass is 10.1. The van der Waals surface area contributed by atoms with E-state index < -0.39 is 17.7 Å². The lowest BCUT2D eigenvalue weighted by Crippen LogP contribution is -2.36. The van der Waals surface area contributed by atoms with Gasteiger partial charge in [-0.15, -0.1) is 0 Å². The Hall–Kier alpha value is -1.97. The molecule has 1 heterocycles. The quantitative estimate of drug-likeness (QED) is 0.750. The molecule has 0 fully saturated rings. The normalized spacial score (nSPS) is 14.3. The number of hydrogen-bond donors (Lipinski definition) is 0. The van der Waals surface area contributed by atoms with Gasteiger partial charge in [0.1, 0.15) is 0 Å². The van der Waals surface area contributed by atoms with Crippen LogP contribution in [0.4, 0.5) is 0 Å². The van der Waals surface area contributed by atoms with Crippen LogP contribution in [0.1, 0.15) is 46.5 Å². The molecule has 2 rings (SSSR count). The van der Waals surface area contributed by atoms with Crippen LogP contribution in [0.3, 0.4) is 0 Å². The monoisotopic (exact) mass is 245 g/mol. The molecule has 1 aliphatic heterocycles. The Morgan fingerprint density at radius 3 is 2.39 bits per heavy atom. The Kier molecular flexibility index (Phi) is 3.03. The zero-order chi connectivity index (χ0) is 13.4. The molecule has 4 nitrogen and oxygen atoms in total. The van der Waals surface area contributed by atoms with E-state index >= 15 is 0 Å². The Balaban J connectivity index is 2.37. The molecule has 1 aromatic rings. The van der Waals surface area contributed by atoms with Crippen LogP contribution in [0.15, 0.2) is 18.2 Å². The van der Waals surface area contributed by atoms with Gasteiger partial charge >= 0.3 is 0 Å². The summed E-state index contributed by atoms with van der Waals surface area (Å²) < 4.78 is 0. The van der Waals surface area contributed by atoms with Crippen LogP contribution in [0.5, 0.6) is 0 Å². The standard InChI is InChI=1S/C14H15NO3/c1-8(2)6-12(16)15-13(17)10-5-4-9(3)7-11(10)14(15)18/h4-5,7-8H,6H2,1-3H3. The maximum Gasteiger partial charge on any atom is 0.268 e. The lowest BCUT2D eigenvalue weighted by Gasteiger charge is -2.12. The molecule has 0 radical (unpaired) electrons. The first-order valence-corrected chi connectivity index (χ1v) is 5.94. The third kappa shape index (κ3) is 1.94.